The molecule has 3 aromatic heterocycles. The second-order valence-electron chi connectivity index (χ2n) is 5.44. The van der Waals surface area contributed by atoms with Crippen molar-refractivity contribution in [3.05, 3.63) is 45.8 Å². The first kappa shape index (κ1) is 19.2. The number of fused-ring (bicyclic) bond motifs is 1. The van der Waals surface area contributed by atoms with Gasteiger partial charge in [0.05, 0.1) is 28.7 Å². The lowest BCUT2D eigenvalue weighted by atomic mass is 10.1. The zero-order valence-corrected chi connectivity index (χ0v) is 15.5. The molecule has 0 aromatic carbocycles. The molecule has 134 valence electrons. The number of aromatic nitrogens is 1. The number of anilines is 1. The zero-order valence-electron chi connectivity index (χ0n) is 14.0. The van der Waals surface area contributed by atoms with E-state index in [1.807, 2.05) is 18.2 Å². The lowest BCUT2D eigenvalue weighted by Gasteiger charge is -2.06. The van der Waals surface area contributed by atoms with Crippen molar-refractivity contribution in [2.45, 2.75) is 26.3 Å². The van der Waals surface area contributed by atoms with Crippen LogP contribution in [0.1, 0.15) is 29.0 Å². The summed E-state index contributed by atoms with van der Waals surface area (Å²) < 4.78 is 6.47. The highest BCUT2D eigenvalue weighted by Crippen LogP contribution is 2.39. The number of hydrogen-bond donors (Lipinski definition) is 3. The van der Waals surface area contributed by atoms with Gasteiger partial charge in [0, 0.05) is 16.9 Å². The van der Waals surface area contributed by atoms with E-state index in [2.05, 4.69) is 24.1 Å². The Morgan fingerprint density at radius 2 is 2.28 bits per heavy atom. The number of nitrogens with zero attached hydrogens (tertiary/aromatic N) is 1. The van der Waals surface area contributed by atoms with Crippen LogP contribution in [-0.4, -0.2) is 23.1 Å². The minimum absolute atomic E-state index is 0.250. The Hall–Kier alpha value is -2.09. The number of pyridine rings is 1. The largest absolute Gasteiger partial charge is 0.483 e. The molecule has 0 aliphatic heterocycles. The minimum Gasteiger partial charge on any atom is -0.483 e. The fourth-order valence-electron chi connectivity index (χ4n) is 2.47. The van der Waals surface area contributed by atoms with Crippen LogP contribution in [0.2, 0.25) is 5.15 Å². The number of nitrogens with two attached hydrogens (primary N) is 1. The summed E-state index contributed by atoms with van der Waals surface area (Å²) in [5.74, 6) is 1.20. The van der Waals surface area contributed by atoms with Crippen LogP contribution in [-0.2, 0) is 11.3 Å². The molecule has 1 atom stereocenters. The number of halogens is 1. The molecular weight excluding hydrogens is 362 g/mol. The van der Waals surface area contributed by atoms with Gasteiger partial charge in [-0.05, 0) is 31.2 Å². The topological polar surface area (TPSA) is 101 Å². The van der Waals surface area contributed by atoms with Crippen molar-refractivity contribution in [3.8, 4) is 0 Å². The normalized spacial score (nSPS) is 11.7. The lowest BCUT2D eigenvalue weighted by molar-refractivity contribution is -0.122. The number of carbonyl (C=O) groups is 1. The highest BCUT2D eigenvalue weighted by Gasteiger charge is 2.17. The van der Waals surface area contributed by atoms with Gasteiger partial charge in [0.2, 0.25) is 0 Å². The smallest absolute Gasteiger partial charge is 0.290 e. The van der Waals surface area contributed by atoms with Crippen LogP contribution in [0, 0.1) is 6.92 Å². The van der Waals surface area contributed by atoms with Crippen LogP contribution in [0.3, 0.4) is 0 Å². The minimum atomic E-state index is -0.250. The SMILES string of the molecule is Cc1c(C(C)CN)sc2c(NCc3ccco3)cc(Cl)nc12.O=CO. The van der Waals surface area contributed by atoms with E-state index in [9.17, 15) is 0 Å². The maximum Gasteiger partial charge on any atom is 0.290 e. The first-order valence-corrected chi connectivity index (χ1v) is 8.84. The Kier molecular flexibility index (Phi) is 6.81. The monoisotopic (exact) mass is 381 g/mol. The number of thiophene rings is 1. The van der Waals surface area contributed by atoms with Gasteiger partial charge in [0.15, 0.2) is 0 Å². The van der Waals surface area contributed by atoms with Gasteiger partial charge in [0.1, 0.15) is 10.9 Å². The molecule has 3 aromatic rings. The van der Waals surface area contributed by atoms with Crippen LogP contribution >= 0.6 is 22.9 Å². The summed E-state index contributed by atoms with van der Waals surface area (Å²) in [7, 11) is 0. The standard InChI is InChI=1S/C16H18ClN3OS.CH2O2/c1-9(7-18)15-10(2)14-16(22-15)12(6-13(17)20-14)19-8-11-4-3-5-21-11;2-1-3/h3-6,9H,7-8,18H2,1-2H3,(H,19,20);1H,(H,2,3). The molecule has 1 unspecified atom stereocenters. The van der Waals surface area contributed by atoms with Gasteiger partial charge >= 0.3 is 0 Å². The summed E-state index contributed by atoms with van der Waals surface area (Å²) in [5, 5.41) is 10.8. The van der Waals surface area contributed by atoms with Crippen molar-refractivity contribution >= 4 is 45.3 Å². The van der Waals surface area contributed by atoms with Crippen molar-refractivity contribution < 1.29 is 14.3 Å². The summed E-state index contributed by atoms with van der Waals surface area (Å²) >= 11 is 7.92. The van der Waals surface area contributed by atoms with Gasteiger partial charge in [-0.15, -0.1) is 11.3 Å². The molecule has 0 aliphatic rings. The molecule has 0 saturated heterocycles. The third-order valence-corrected chi connectivity index (χ3v) is 5.45. The molecule has 4 N–H and O–H groups in total. The second kappa shape index (κ2) is 8.84. The van der Waals surface area contributed by atoms with Crippen molar-refractivity contribution in [1.29, 1.82) is 0 Å². The van der Waals surface area contributed by atoms with E-state index in [4.69, 9.17) is 31.7 Å². The van der Waals surface area contributed by atoms with E-state index >= 15 is 0 Å². The molecule has 25 heavy (non-hydrogen) atoms. The van der Waals surface area contributed by atoms with Crippen LogP contribution in [0.5, 0.6) is 0 Å². The van der Waals surface area contributed by atoms with E-state index in [1.165, 1.54) is 10.4 Å². The highest BCUT2D eigenvalue weighted by molar-refractivity contribution is 7.20. The maximum atomic E-state index is 8.36. The number of nitrogens with one attached hydrogen (secondary N) is 1. The van der Waals surface area contributed by atoms with Gasteiger partial charge in [-0.2, -0.15) is 0 Å². The van der Waals surface area contributed by atoms with Crippen LogP contribution in [0.25, 0.3) is 10.2 Å². The third-order valence-electron chi connectivity index (χ3n) is 3.71. The molecule has 0 radical (unpaired) electrons. The third kappa shape index (κ3) is 4.50. The van der Waals surface area contributed by atoms with Crippen molar-refractivity contribution in [3.63, 3.8) is 0 Å². The molecule has 8 heteroatoms. The average molecular weight is 382 g/mol. The Balaban J connectivity index is 0.000000701. The molecule has 0 spiro atoms. The zero-order chi connectivity index (χ0) is 18.4. The summed E-state index contributed by atoms with van der Waals surface area (Å²) in [6, 6.07) is 5.68. The molecule has 0 fully saturated rings. The van der Waals surface area contributed by atoms with Crippen molar-refractivity contribution in [2.75, 3.05) is 11.9 Å². The van der Waals surface area contributed by atoms with E-state index in [0.717, 1.165) is 21.7 Å². The molecule has 0 aliphatic carbocycles. The van der Waals surface area contributed by atoms with E-state index in [0.29, 0.717) is 24.2 Å². The molecule has 0 bridgehead atoms. The number of furan rings is 1. The Labute approximate surface area is 154 Å². The summed E-state index contributed by atoms with van der Waals surface area (Å²) in [6.45, 7) is 5.20. The molecule has 0 amide bonds. The summed E-state index contributed by atoms with van der Waals surface area (Å²) in [4.78, 5) is 14.1. The quantitative estimate of drug-likeness (QED) is 0.451. The molecule has 0 saturated carbocycles. The predicted molar refractivity (Wildman–Crippen MR) is 102 cm³/mol. The fraction of sp³-hybridized carbons (Fsp3) is 0.294. The van der Waals surface area contributed by atoms with E-state index in [-0.39, 0.29) is 6.47 Å². The number of carboxylic acid groups (broad SMARTS) is 1. The molecule has 6 nitrogen and oxygen atoms in total. The summed E-state index contributed by atoms with van der Waals surface area (Å²) in [5.41, 5.74) is 8.92. The lowest BCUT2D eigenvalue weighted by Crippen LogP contribution is -2.08. The maximum absolute atomic E-state index is 8.36. The Bertz CT molecular complexity index is 833. The number of rotatable bonds is 5. The van der Waals surface area contributed by atoms with Gasteiger partial charge in [-0.25, -0.2) is 4.98 Å². The van der Waals surface area contributed by atoms with Crippen molar-refractivity contribution in [1.82, 2.24) is 4.98 Å². The first-order chi connectivity index (χ1) is 12.0. The van der Waals surface area contributed by atoms with E-state index < -0.39 is 0 Å². The molecular formula is C17H20ClN3O3S. The summed E-state index contributed by atoms with van der Waals surface area (Å²) in [6.07, 6.45) is 1.67. The van der Waals surface area contributed by atoms with Crippen molar-refractivity contribution in [2.24, 2.45) is 5.73 Å². The van der Waals surface area contributed by atoms with Crippen LogP contribution in [0.15, 0.2) is 28.9 Å². The number of aryl methyl sites for hydroxylation is 1. The van der Waals surface area contributed by atoms with Gasteiger partial charge in [-0.3, -0.25) is 4.79 Å². The predicted octanol–water partition coefficient (Wildman–Crippen LogP) is 4.23. The van der Waals surface area contributed by atoms with E-state index in [1.54, 1.807) is 17.6 Å². The van der Waals surface area contributed by atoms with Crippen LogP contribution < -0.4 is 11.1 Å². The second-order valence-corrected chi connectivity index (χ2v) is 6.88. The number of hydrogen-bond acceptors (Lipinski definition) is 6. The average Bonchev–Trinajstić information content (AvgIpc) is 3.21. The Morgan fingerprint density at radius 1 is 1.56 bits per heavy atom. The van der Waals surface area contributed by atoms with Gasteiger partial charge in [0.25, 0.3) is 6.47 Å². The first-order valence-electron chi connectivity index (χ1n) is 7.65. The highest BCUT2D eigenvalue weighted by atomic mass is 35.5. The Morgan fingerprint density at radius 3 is 2.88 bits per heavy atom. The van der Waals surface area contributed by atoms with Gasteiger partial charge < -0.3 is 20.6 Å². The molecule has 3 heterocycles. The molecule has 3 rings (SSSR count). The fourth-order valence-corrected chi connectivity index (χ4v) is 3.96. The van der Waals surface area contributed by atoms with Gasteiger partial charge in [-0.1, -0.05) is 18.5 Å². The van der Waals surface area contributed by atoms with Crippen LogP contribution in [0.4, 0.5) is 5.69 Å².